The molecule has 0 aromatic heterocycles. The van der Waals surface area contributed by atoms with Crippen LogP contribution < -0.4 is 0 Å². The van der Waals surface area contributed by atoms with Gasteiger partial charge in [0.25, 0.3) is 6.47 Å². The summed E-state index contributed by atoms with van der Waals surface area (Å²) in [4.78, 5) is 10.2. The van der Waals surface area contributed by atoms with Crippen LogP contribution in [-0.2, 0) is 9.53 Å². The molecule has 0 bridgehead atoms. The number of carbonyl (C=O) groups is 1. The number of ether oxygens (including phenoxy) is 1. The first-order valence-electron chi connectivity index (χ1n) is 5.28. The molecule has 0 aromatic rings. The van der Waals surface area contributed by atoms with E-state index in [0.717, 1.165) is 25.7 Å². The van der Waals surface area contributed by atoms with Gasteiger partial charge in [0.2, 0.25) is 0 Å². The number of allylic oxidation sites excluding steroid dienone is 1. The SMILES string of the molecule is C=CCC(CC)CCC(C)(C)OC=O. The van der Waals surface area contributed by atoms with Crippen molar-refractivity contribution in [3.8, 4) is 0 Å². The Kier molecular flexibility index (Phi) is 6.26. The first-order valence-corrected chi connectivity index (χ1v) is 5.28. The van der Waals surface area contributed by atoms with E-state index < -0.39 is 0 Å². The molecule has 0 aliphatic carbocycles. The zero-order valence-corrected chi connectivity index (χ0v) is 9.58. The van der Waals surface area contributed by atoms with Gasteiger partial charge in [-0.2, -0.15) is 0 Å². The molecule has 0 aromatic carbocycles. The monoisotopic (exact) mass is 198 g/mol. The third kappa shape index (κ3) is 5.79. The van der Waals surface area contributed by atoms with Crippen molar-refractivity contribution < 1.29 is 9.53 Å². The van der Waals surface area contributed by atoms with Crippen LogP contribution in [0.1, 0.15) is 46.5 Å². The smallest absolute Gasteiger partial charge is 0.293 e. The van der Waals surface area contributed by atoms with Gasteiger partial charge in [-0.05, 0) is 39.0 Å². The highest BCUT2D eigenvalue weighted by Crippen LogP contribution is 2.23. The molecule has 1 atom stereocenters. The fraction of sp³-hybridized carbons (Fsp3) is 0.750. The first kappa shape index (κ1) is 13.2. The van der Waals surface area contributed by atoms with E-state index in [4.69, 9.17) is 4.74 Å². The summed E-state index contributed by atoms with van der Waals surface area (Å²) in [7, 11) is 0. The lowest BCUT2D eigenvalue weighted by molar-refractivity contribution is -0.141. The number of hydrogen-bond acceptors (Lipinski definition) is 2. The summed E-state index contributed by atoms with van der Waals surface area (Å²) >= 11 is 0. The minimum atomic E-state index is -0.323. The molecule has 82 valence electrons. The molecule has 0 amide bonds. The predicted molar refractivity (Wildman–Crippen MR) is 59.1 cm³/mol. The second-order valence-corrected chi connectivity index (χ2v) is 4.31. The number of rotatable bonds is 8. The van der Waals surface area contributed by atoms with E-state index in [1.54, 1.807) is 0 Å². The summed E-state index contributed by atoms with van der Waals surface area (Å²) in [6.45, 7) is 10.4. The van der Waals surface area contributed by atoms with E-state index in [2.05, 4.69) is 13.5 Å². The van der Waals surface area contributed by atoms with E-state index in [1.807, 2.05) is 19.9 Å². The summed E-state index contributed by atoms with van der Waals surface area (Å²) in [6, 6.07) is 0. The minimum absolute atomic E-state index is 0.323. The van der Waals surface area contributed by atoms with Gasteiger partial charge in [0, 0.05) is 0 Å². The molecule has 0 fully saturated rings. The second-order valence-electron chi connectivity index (χ2n) is 4.31. The van der Waals surface area contributed by atoms with Crippen LogP contribution >= 0.6 is 0 Å². The molecular weight excluding hydrogens is 176 g/mol. The Morgan fingerprint density at radius 3 is 2.57 bits per heavy atom. The molecule has 0 aliphatic rings. The highest BCUT2D eigenvalue weighted by Gasteiger charge is 2.19. The van der Waals surface area contributed by atoms with E-state index >= 15 is 0 Å². The van der Waals surface area contributed by atoms with E-state index in [9.17, 15) is 4.79 Å². The lowest BCUT2D eigenvalue weighted by atomic mass is 9.91. The van der Waals surface area contributed by atoms with Crippen molar-refractivity contribution in [3.05, 3.63) is 12.7 Å². The third-order valence-electron chi connectivity index (χ3n) is 2.60. The fourth-order valence-corrected chi connectivity index (χ4v) is 1.47. The summed E-state index contributed by atoms with van der Waals surface area (Å²) in [5.41, 5.74) is -0.323. The Bertz CT molecular complexity index is 173. The molecular formula is C12H22O2. The summed E-state index contributed by atoms with van der Waals surface area (Å²) in [6.07, 6.45) is 6.17. The van der Waals surface area contributed by atoms with Crippen molar-refractivity contribution in [2.24, 2.45) is 5.92 Å². The van der Waals surface area contributed by atoms with E-state index in [1.165, 1.54) is 0 Å². The Morgan fingerprint density at radius 2 is 2.14 bits per heavy atom. The first-order chi connectivity index (χ1) is 6.55. The molecule has 0 heterocycles. The maximum absolute atomic E-state index is 10.2. The van der Waals surface area contributed by atoms with Crippen molar-refractivity contribution in [1.82, 2.24) is 0 Å². The number of hydrogen-bond donors (Lipinski definition) is 0. The van der Waals surface area contributed by atoms with E-state index in [-0.39, 0.29) is 5.60 Å². The molecule has 0 rings (SSSR count). The van der Waals surface area contributed by atoms with Gasteiger partial charge >= 0.3 is 0 Å². The molecule has 1 unspecified atom stereocenters. The van der Waals surface area contributed by atoms with Gasteiger partial charge in [0.1, 0.15) is 5.60 Å². The quantitative estimate of drug-likeness (QED) is 0.442. The van der Waals surface area contributed by atoms with Crippen molar-refractivity contribution in [2.45, 2.75) is 52.1 Å². The maximum Gasteiger partial charge on any atom is 0.293 e. The van der Waals surface area contributed by atoms with Crippen molar-refractivity contribution in [1.29, 1.82) is 0 Å². The highest BCUT2D eigenvalue weighted by molar-refractivity contribution is 5.38. The topological polar surface area (TPSA) is 26.3 Å². The van der Waals surface area contributed by atoms with Gasteiger partial charge in [-0.3, -0.25) is 4.79 Å². The summed E-state index contributed by atoms with van der Waals surface area (Å²) < 4.78 is 5.00. The largest absolute Gasteiger partial charge is 0.462 e. The molecule has 2 nitrogen and oxygen atoms in total. The summed E-state index contributed by atoms with van der Waals surface area (Å²) in [5, 5.41) is 0. The molecule has 0 saturated carbocycles. The summed E-state index contributed by atoms with van der Waals surface area (Å²) in [5.74, 6) is 0.669. The zero-order valence-electron chi connectivity index (χ0n) is 9.58. The lowest BCUT2D eigenvalue weighted by Gasteiger charge is -2.24. The maximum atomic E-state index is 10.2. The fourth-order valence-electron chi connectivity index (χ4n) is 1.47. The standard InChI is InChI=1S/C12H22O2/c1-5-7-11(6-2)8-9-12(3,4)14-10-13/h5,10-11H,1,6-9H2,2-4H3. The van der Waals surface area contributed by atoms with Gasteiger partial charge in [-0.25, -0.2) is 0 Å². The van der Waals surface area contributed by atoms with Crippen LogP contribution in [0.4, 0.5) is 0 Å². The minimum Gasteiger partial charge on any atom is -0.462 e. The Balaban J connectivity index is 3.87. The van der Waals surface area contributed by atoms with Crippen molar-refractivity contribution >= 4 is 6.47 Å². The van der Waals surface area contributed by atoms with Crippen molar-refractivity contribution in [2.75, 3.05) is 0 Å². The molecule has 14 heavy (non-hydrogen) atoms. The molecule has 0 N–H and O–H groups in total. The van der Waals surface area contributed by atoms with Crippen LogP contribution in [0.5, 0.6) is 0 Å². The number of carbonyl (C=O) groups excluding carboxylic acids is 1. The van der Waals surface area contributed by atoms with Gasteiger partial charge in [-0.1, -0.05) is 19.4 Å². The molecule has 0 radical (unpaired) electrons. The second kappa shape index (κ2) is 6.63. The molecule has 0 spiro atoms. The Morgan fingerprint density at radius 1 is 1.50 bits per heavy atom. The molecule has 0 aliphatic heterocycles. The third-order valence-corrected chi connectivity index (χ3v) is 2.60. The normalized spacial score (nSPS) is 13.4. The van der Waals surface area contributed by atoms with Gasteiger partial charge in [-0.15, -0.1) is 6.58 Å². The average Bonchev–Trinajstić information content (AvgIpc) is 2.12. The Labute approximate surface area is 87.3 Å². The molecule has 0 saturated heterocycles. The van der Waals surface area contributed by atoms with Crippen LogP contribution in [-0.4, -0.2) is 12.1 Å². The van der Waals surface area contributed by atoms with E-state index in [0.29, 0.717) is 12.4 Å². The Hall–Kier alpha value is -0.790. The zero-order chi connectivity index (χ0) is 11.0. The van der Waals surface area contributed by atoms with Crippen LogP contribution in [0.15, 0.2) is 12.7 Å². The lowest BCUT2D eigenvalue weighted by Crippen LogP contribution is -2.24. The van der Waals surface area contributed by atoms with Crippen LogP contribution in [0, 0.1) is 5.92 Å². The van der Waals surface area contributed by atoms with Crippen LogP contribution in [0.25, 0.3) is 0 Å². The molecule has 2 heteroatoms. The van der Waals surface area contributed by atoms with Gasteiger partial charge < -0.3 is 4.74 Å². The highest BCUT2D eigenvalue weighted by atomic mass is 16.5. The van der Waals surface area contributed by atoms with Crippen molar-refractivity contribution in [3.63, 3.8) is 0 Å². The van der Waals surface area contributed by atoms with Crippen LogP contribution in [0.2, 0.25) is 0 Å². The van der Waals surface area contributed by atoms with Gasteiger partial charge in [0.05, 0.1) is 0 Å². The predicted octanol–water partition coefficient (Wildman–Crippen LogP) is 3.32. The average molecular weight is 198 g/mol. The van der Waals surface area contributed by atoms with Crippen LogP contribution in [0.3, 0.4) is 0 Å². The van der Waals surface area contributed by atoms with Gasteiger partial charge in [0.15, 0.2) is 0 Å².